The summed E-state index contributed by atoms with van der Waals surface area (Å²) in [5.41, 5.74) is 5.54. The van der Waals surface area contributed by atoms with Crippen LogP contribution in [0.15, 0.2) is 73.1 Å². The van der Waals surface area contributed by atoms with Crippen LogP contribution in [0, 0.1) is 5.92 Å². The summed E-state index contributed by atoms with van der Waals surface area (Å²) >= 11 is 0. The fourth-order valence-electron chi connectivity index (χ4n) is 5.60. The van der Waals surface area contributed by atoms with Gasteiger partial charge in [-0.1, -0.05) is 36.4 Å². The summed E-state index contributed by atoms with van der Waals surface area (Å²) in [6.45, 7) is 0.762. The van der Waals surface area contributed by atoms with Gasteiger partial charge < -0.3 is 9.47 Å². The molecule has 1 aliphatic carbocycles. The number of carbonyl (C=O) groups is 2. The van der Waals surface area contributed by atoms with E-state index in [0.717, 1.165) is 59.8 Å². The van der Waals surface area contributed by atoms with Gasteiger partial charge in [-0.05, 0) is 66.6 Å². The lowest BCUT2D eigenvalue weighted by Crippen LogP contribution is -2.30. The molecule has 5 aromatic rings. The number of aromatic nitrogens is 4. The van der Waals surface area contributed by atoms with Crippen molar-refractivity contribution in [1.82, 2.24) is 24.1 Å². The van der Waals surface area contributed by atoms with E-state index in [0.29, 0.717) is 11.6 Å². The predicted molar refractivity (Wildman–Crippen MR) is 146 cm³/mol. The van der Waals surface area contributed by atoms with Gasteiger partial charge in [0.15, 0.2) is 5.65 Å². The number of hydrogen-bond donors (Lipinski definition) is 1. The molecule has 1 saturated heterocycles. The van der Waals surface area contributed by atoms with E-state index in [9.17, 15) is 9.59 Å². The van der Waals surface area contributed by atoms with Crippen LogP contribution in [-0.2, 0) is 11.8 Å². The van der Waals surface area contributed by atoms with Crippen molar-refractivity contribution in [2.75, 3.05) is 11.9 Å². The number of rotatable bonds is 5. The summed E-state index contributed by atoms with van der Waals surface area (Å²) in [7, 11) is 1.98. The van der Waals surface area contributed by atoms with Crippen LogP contribution >= 0.6 is 0 Å². The Kier molecular flexibility index (Phi) is 5.28. The Labute approximate surface area is 219 Å². The summed E-state index contributed by atoms with van der Waals surface area (Å²) in [6.07, 6.45) is 7.64. The Balaban J connectivity index is 1.22. The molecule has 1 atom stereocenters. The number of amides is 2. The number of carbonyl (C=O) groups excluding carboxylic acids is 2. The molecule has 38 heavy (non-hydrogen) atoms. The van der Waals surface area contributed by atoms with E-state index in [1.807, 2.05) is 59.2 Å². The molecule has 1 N–H and O–H groups in total. The molecule has 2 fully saturated rings. The molecule has 1 unspecified atom stereocenters. The minimum Gasteiger partial charge on any atom is -0.350 e. The highest BCUT2D eigenvalue weighted by Gasteiger charge is 2.32. The van der Waals surface area contributed by atoms with E-state index in [4.69, 9.17) is 0 Å². The SMILES string of the molecule is Cn1cc(C(=O)N2CCCC2c2ccccc2)c2cc(-c3ccn4nc(NC(=O)C5CC5)nc4c3)ccc21. The van der Waals surface area contributed by atoms with Crippen molar-refractivity contribution in [3.8, 4) is 11.1 Å². The molecule has 0 bridgehead atoms. The maximum atomic E-state index is 13.9. The molecule has 190 valence electrons. The number of hydrogen-bond acceptors (Lipinski definition) is 4. The minimum atomic E-state index is -0.0136. The van der Waals surface area contributed by atoms with Gasteiger partial charge >= 0.3 is 0 Å². The molecule has 2 aliphatic rings. The summed E-state index contributed by atoms with van der Waals surface area (Å²) < 4.78 is 3.69. The van der Waals surface area contributed by atoms with E-state index in [1.54, 1.807) is 4.52 Å². The van der Waals surface area contributed by atoms with Gasteiger partial charge in [-0.25, -0.2) is 4.52 Å². The predicted octanol–water partition coefficient (Wildman–Crippen LogP) is 5.21. The van der Waals surface area contributed by atoms with Crippen LogP contribution in [0.1, 0.15) is 47.6 Å². The van der Waals surface area contributed by atoms with Crippen LogP contribution in [0.25, 0.3) is 27.7 Å². The lowest BCUT2D eigenvalue weighted by atomic mass is 10.0. The summed E-state index contributed by atoms with van der Waals surface area (Å²) in [4.78, 5) is 32.5. The molecule has 2 aromatic carbocycles. The number of likely N-dealkylation sites (tertiary alicyclic amines) is 1. The first-order chi connectivity index (χ1) is 18.5. The molecule has 1 aliphatic heterocycles. The zero-order chi connectivity index (χ0) is 25.8. The Morgan fingerprint density at radius 2 is 1.79 bits per heavy atom. The molecule has 7 rings (SSSR count). The highest BCUT2D eigenvalue weighted by molar-refractivity contribution is 6.08. The Hall–Kier alpha value is -4.46. The zero-order valence-corrected chi connectivity index (χ0v) is 21.2. The van der Waals surface area contributed by atoms with E-state index in [1.165, 1.54) is 5.56 Å². The Morgan fingerprint density at radius 3 is 2.61 bits per heavy atom. The van der Waals surface area contributed by atoms with Gasteiger partial charge in [0.25, 0.3) is 5.91 Å². The molecule has 0 spiro atoms. The first-order valence-corrected chi connectivity index (χ1v) is 13.2. The Bertz CT molecular complexity index is 1700. The number of nitrogens with zero attached hydrogens (tertiary/aromatic N) is 5. The second-order valence-electron chi connectivity index (χ2n) is 10.4. The van der Waals surface area contributed by atoms with Crippen molar-refractivity contribution in [3.05, 3.63) is 84.2 Å². The first kappa shape index (κ1) is 22.7. The van der Waals surface area contributed by atoms with Crippen molar-refractivity contribution in [2.24, 2.45) is 13.0 Å². The van der Waals surface area contributed by atoms with Gasteiger partial charge in [-0.2, -0.15) is 4.98 Å². The van der Waals surface area contributed by atoms with Crippen molar-refractivity contribution in [2.45, 2.75) is 31.7 Å². The summed E-state index contributed by atoms with van der Waals surface area (Å²) in [6, 6.07) is 20.6. The van der Waals surface area contributed by atoms with E-state index in [2.05, 4.69) is 45.7 Å². The van der Waals surface area contributed by atoms with E-state index >= 15 is 0 Å². The van der Waals surface area contributed by atoms with Crippen molar-refractivity contribution >= 4 is 34.3 Å². The topological polar surface area (TPSA) is 84.5 Å². The average Bonchev–Trinajstić information content (AvgIpc) is 3.40. The maximum Gasteiger partial charge on any atom is 0.256 e. The van der Waals surface area contributed by atoms with Gasteiger partial charge in [-0.15, -0.1) is 5.10 Å². The maximum absolute atomic E-state index is 13.9. The molecule has 8 heteroatoms. The van der Waals surface area contributed by atoms with Gasteiger partial charge in [0, 0.05) is 42.8 Å². The molecule has 1 saturated carbocycles. The number of benzene rings is 2. The third kappa shape index (κ3) is 3.93. The quantitative estimate of drug-likeness (QED) is 0.356. The van der Waals surface area contributed by atoms with Gasteiger partial charge in [0.2, 0.25) is 11.9 Å². The number of anilines is 1. The lowest BCUT2D eigenvalue weighted by molar-refractivity contribution is -0.117. The smallest absolute Gasteiger partial charge is 0.256 e. The number of aryl methyl sites for hydroxylation is 1. The second-order valence-corrected chi connectivity index (χ2v) is 10.4. The fourth-order valence-corrected chi connectivity index (χ4v) is 5.60. The minimum absolute atomic E-state index is 0.0136. The van der Waals surface area contributed by atoms with Crippen LogP contribution in [0.4, 0.5) is 5.95 Å². The van der Waals surface area contributed by atoms with Gasteiger partial charge in [0.05, 0.1) is 11.6 Å². The second kappa shape index (κ2) is 8.83. The number of pyridine rings is 1. The monoisotopic (exact) mass is 504 g/mol. The summed E-state index contributed by atoms with van der Waals surface area (Å²) in [5.74, 6) is 0.475. The van der Waals surface area contributed by atoms with Crippen molar-refractivity contribution in [1.29, 1.82) is 0 Å². The third-order valence-electron chi connectivity index (χ3n) is 7.77. The van der Waals surface area contributed by atoms with Crippen LogP contribution in [0.5, 0.6) is 0 Å². The van der Waals surface area contributed by atoms with Crippen LogP contribution in [0.2, 0.25) is 0 Å². The highest BCUT2D eigenvalue weighted by Crippen LogP contribution is 2.36. The van der Waals surface area contributed by atoms with Crippen LogP contribution in [-0.4, -0.2) is 42.4 Å². The summed E-state index contributed by atoms with van der Waals surface area (Å²) in [5, 5.41) is 8.14. The third-order valence-corrected chi connectivity index (χ3v) is 7.77. The largest absolute Gasteiger partial charge is 0.350 e. The molecular weight excluding hydrogens is 476 g/mol. The van der Waals surface area contributed by atoms with Crippen molar-refractivity contribution in [3.63, 3.8) is 0 Å². The van der Waals surface area contributed by atoms with Crippen LogP contribution in [0.3, 0.4) is 0 Å². The molecule has 4 heterocycles. The zero-order valence-electron chi connectivity index (χ0n) is 21.2. The van der Waals surface area contributed by atoms with Crippen molar-refractivity contribution < 1.29 is 9.59 Å². The lowest BCUT2D eigenvalue weighted by Gasteiger charge is -2.25. The van der Waals surface area contributed by atoms with Gasteiger partial charge in [-0.3, -0.25) is 14.9 Å². The standard InChI is InChI=1S/C30H28N6O2/c1-34-18-24(29(38)35-14-5-8-25(35)19-6-3-2-4-7-19)23-16-21(11-12-26(23)34)22-13-15-36-27(17-22)31-30(33-36)32-28(37)20-9-10-20/h2-4,6-7,11-13,15-18,20,25H,5,8-10,14H2,1H3,(H,32,33,37). The average molecular weight is 505 g/mol. The molecule has 3 aromatic heterocycles. The number of nitrogens with one attached hydrogen (secondary N) is 1. The number of fused-ring (bicyclic) bond motifs is 2. The highest BCUT2D eigenvalue weighted by atomic mass is 16.2. The fraction of sp³-hybridized carbons (Fsp3) is 0.267. The van der Waals surface area contributed by atoms with E-state index < -0.39 is 0 Å². The van der Waals surface area contributed by atoms with E-state index in [-0.39, 0.29) is 23.8 Å². The molecule has 2 amide bonds. The molecule has 8 nitrogen and oxygen atoms in total. The van der Waals surface area contributed by atoms with Crippen LogP contribution < -0.4 is 5.32 Å². The first-order valence-electron chi connectivity index (χ1n) is 13.2. The van der Waals surface area contributed by atoms with Gasteiger partial charge in [0.1, 0.15) is 0 Å². The normalized spacial score (nSPS) is 17.4. The Morgan fingerprint density at radius 1 is 0.974 bits per heavy atom. The molecular formula is C30H28N6O2. The molecule has 0 radical (unpaired) electrons.